The summed E-state index contributed by atoms with van der Waals surface area (Å²) in [5, 5.41) is 10.3. The van der Waals surface area contributed by atoms with Crippen molar-refractivity contribution in [2.24, 2.45) is 5.41 Å². The summed E-state index contributed by atoms with van der Waals surface area (Å²) in [5.41, 5.74) is 2.20. The van der Waals surface area contributed by atoms with Crippen molar-refractivity contribution < 1.29 is 9.90 Å². The lowest BCUT2D eigenvalue weighted by Crippen LogP contribution is -2.36. The van der Waals surface area contributed by atoms with Crippen LogP contribution in [0.5, 0.6) is 0 Å². The third kappa shape index (κ3) is 3.86. The number of allylic oxidation sites excluding steroid dienone is 1. The number of rotatable bonds is 6. The molecule has 0 bridgehead atoms. The van der Waals surface area contributed by atoms with E-state index in [1.54, 1.807) is 26.0 Å². The predicted molar refractivity (Wildman–Crippen MR) is 93.6 cm³/mol. The number of aliphatic hydroxyl groups is 1. The second-order valence-electron chi connectivity index (χ2n) is 7.18. The van der Waals surface area contributed by atoms with Crippen LogP contribution in [0, 0.1) is 5.41 Å². The van der Waals surface area contributed by atoms with Crippen molar-refractivity contribution in [1.29, 1.82) is 0 Å². The van der Waals surface area contributed by atoms with Crippen molar-refractivity contribution >= 4 is 5.78 Å². The van der Waals surface area contributed by atoms with Crippen molar-refractivity contribution in [2.75, 3.05) is 0 Å². The molecule has 22 heavy (non-hydrogen) atoms. The highest BCUT2D eigenvalue weighted by Gasteiger charge is 2.36. The second-order valence-corrected chi connectivity index (χ2v) is 7.18. The molecule has 0 fully saturated rings. The molecule has 0 amide bonds. The monoisotopic (exact) mass is 302 g/mol. The van der Waals surface area contributed by atoms with Crippen LogP contribution in [0.2, 0.25) is 0 Å². The lowest BCUT2D eigenvalue weighted by molar-refractivity contribution is 0.0565. The van der Waals surface area contributed by atoms with Crippen LogP contribution >= 0.6 is 0 Å². The standard InChI is InChI=1S/C20H30O2/c1-8-9-18(21)20(6,7)19(22)16-11-10-15(13(2)3)12-17(16)14(4)5/h8-14,18,21H,1-7H3/b9-8+. The summed E-state index contributed by atoms with van der Waals surface area (Å²) in [6.45, 7) is 14.0. The van der Waals surface area contributed by atoms with Gasteiger partial charge in [-0.1, -0.05) is 58.0 Å². The lowest BCUT2D eigenvalue weighted by atomic mass is 9.76. The van der Waals surface area contributed by atoms with Gasteiger partial charge in [0.15, 0.2) is 5.78 Å². The molecule has 0 heterocycles. The minimum absolute atomic E-state index is 0.00268. The Bertz CT molecular complexity index is 551. The Morgan fingerprint density at radius 3 is 2.18 bits per heavy atom. The van der Waals surface area contributed by atoms with Gasteiger partial charge in [0.05, 0.1) is 11.5 Å². The number of Topliss-reactive ketones (excluding diaryl/α,β-unsaturated/α-hetero) is 1. The Labute approximate surface area is 135 Å². The SMILES string of the molecule is C/C=C/C(O)C(C)(C)C(=O)c1ccc(C(C)C)cc1C(C)C. The molecule has 1 aromatic carbocycles. The molecular formula is C20H30O2. The Hall–Kier alpha value is -1.41. The van der Waals surface area contributed by atoms with Gasteiger partial charge in [-0.15, -0.1) is 0 Å². The molecule has 0 aliphatic carbocycles. The van der Waals surface area contributed by atoms with E-state index in [1.165, 1.54) is 5.56 Å². The van der Waals surface area contributed by atoms with Gasteiger partial charge in [0.2, 0.25) is 0 Å². The highest BCUT2D eigenvalue weighted by molar-refractivity contribution is 6.02. The van der Waals surface area contributed by atoms with Gasteiger partial charge >= 0.3 is 0 Å². The van der Waals surface area contributed by atoms with Crippen LogP contribution in [0.25, 0.3) is 0 Å². The fourth-order valence-electron chi connectivity index (χ4n) is 2.53. The van der Waals surface area contributed by atoms with Crippen molar-refractivity contribution in [3.05, 3.63) is 47.0 Å². The van der Waals surface area contributed by atoms with E-state index >= 15 is 0 Å². The smallest absolute Gasteiger partial charge is 0.171 e. The maximum atomic E-state index is 13.0. The van der Waals surface area contributed by atoms with E-state index in [1.807, 2.05) is 19.1 Å². The summed E-state index contributed by atoms with van der Waals surface area (Å²) < 4.78 is 0. The summed E-state index contributed by atoms with van der Waals surface area (Å²) >= 11 is 0. The van der Waals surface area contributed by atoms with E-state index in [-0.39, 0.29) is 11.7 Å². The molecule has 0 spiro atoms. The predicted octanol–water partition coefficient (Wildman–Crippen LogP) is 5.08. The van der Waals surface area contributed by atoms with Crippen LogP contribution in [-0.4, -0.2) is 17.0 Å². The normalized spacial score (nSPS) is 14.1. The third-order valence-electron chi connectivity index (χ3n) is 4.31. The van der Waals surface area contributed by atoms with Crippen LogP contribution < -0.4 is 0 Å². The lowest BCUT2D eigenvalue weighted by Gasteiger charge is -2.29. The van der Waals surface area contributed by atoms with Crippen molar-refractivity contribution in [3.63, 3.8) is 0 Å². The van der Waals surface area contributed by atoms with Crippen LogP contribution in [0.4, 0.5) is 0 Å². The Balaban J connectivity index is 3.33. The Morgan fingerprint density at radius 1 is 1.14 bits per heavy atom. The average molecular weight is 302 g/mol. The number of carbonyl (C=O) groups excluding carboxylic acids is 1. The fraction of sp³-hybridized carbons (Fsp3) is 0.550. The van der Waals surface area contributed by atoms with E-state index in [0.29, 0.717) is 5.92 Å². The first kappa shape index (κ1) is 18.6. The molecule has 2 nitrogen and oxygen atoms in total. The number of ketones is 1. The maximum Gasteiger partial charge on any atom is 0.171 e. The van der Waals surface area contributed by atoms with E-state index < -0.39 is 11.5 Å². The van der Waals surface area contributed by atoms with Gasteiger partial charge in [0.25, 0.3) is 0 Å². The minimum Gasteiger partial charge on any atom is -0.388 e. The number of hydrogen-bond acceptors (Lipinski definition) is 2. The first-order valence-electron chi connectivity index (χ1n) is 8.12. The molecule has 1 N–H and O–H groups in total. The first-order chi connectivity index (χ1) is 10.1. The van der Waals surface area contributed by atoms with Crippen molar-refractivity contribution in [3.8, 4) is 0 Å². The molecule has 0 aliphatic rings. The highest BCUT2D eigenvalue weighted by Crippen LogP contribution is 2.32. The van der Waals surface area contributed by atoms with Crippen LogP contribution in [0.1, 0.15) is 81.8 Å². The zero-order valence-electron chi connectivity index (χ0n) is 15.0. The molecule has 0 aromatic heterocycles. The first-order valence-corrected chi connectivity index (χ1v) is 8.12. The molecule has 1 atom stereocenters. The topological polar surface area (TPSA) is 37.3 Å². The Morgan fingerprint density at radius 2 is 1.73 bits per heavy atom. The second kappa shape index (κ2) is 7.23. The van der Waals surface area contributed by atoms with Gasteiger partial charge in [-0.3, -0.25) is 4.79 Å². The largest absolute Gasteiger partial charge is 0.388 e. The number of hydrogen-bond donors (Lipinski definition) is 1. The molecular weight excluding hydrogens is 272 g/mol. The number of benzene rings is 1. The summed E-state index contributed by atoms with van der Waals surface area (Å²) in [6, 6.07) is 6.10. The van der Waals surface area contributed by atoms with Crippen molar-refractivity contribution in [2.45, 2.75) is 66.4 Å². The molecule has 1 aromatic rings. The van der Waals surface area contributed by atoms with Gasteiger partial charge in [-0.25, -0.2) is 0 Å². The molecule has 0 saturated heterocycles. The van der Waals surface area contributed by atoms with E-state index in [2.05, 4.69) is 33.8 Å². The van der Waals surface area contributed by atoms with E-state index in [9.17, 15) is 9.90 Å². The van der Waals surface area contributed by atoms with Gasteiger partial charge in [-0.2, -0.15) is 0 Å². The quantitative estimate of drug-likeness (QED) is 0.588. The van der Waals surface area contributed by atoms with Crippen molar-refractivity contribution in [1.82, 2.24) is 0 Å². The maximum absolute atomic E-state index is 13.0. The summed E-state index contributed by atoms with van der Waals surface area (Å²) in [6.07, 6.45) is 2.68. The molecule has 0 radical (unpaired) electrons. The summed E-state index contributed by atoms with van der Waals surface area (Å²) in [4.78, 5) is 13.0. The zero-order chi connectivity index (χ0) is 17.1. The van der Waals surface area contributed by atoms with Crippen LogP contribution in [0.15, 0.2) is 30.4 Å². The van der Waals surface area contributed by atoms with E-state index in [4.69, 9.17) is 0 Å². The fourth-order valence-corrected chi connectivity index (χ4v) is 2.53. The van der Waals surface area contributed by atoms with Crippen LogP contribution in [-0.2, 0) is 0 Å². The molecule has 2 heteroatoms. The molecule has 1 unspecified atom stereocenters. The zero-order valence-corrected chi connectivity index (χ0v) is 15.0. The molecule has 1 rings (SSSR count). The van der Waals surface area contributed by atoms with E-state index in [0.717, 1.165) is 11.1 Å². The third-order valence-corrected chi connectivity index (χ3v) is 4.31. The average Bonchev–Trinajstić information content (AvgIpc) is 2.45. The minimum atomic E-state index is -0.838. The summed E-state index contributed by atoms with van der Waals surface area (Å²) in [7, 11) is 0. The molecule has 0 aliphatic heterocycles. The van der Waals surface area contributed by atoms with Gasteiger partial charge in [0.1, 0.15) is 0 Å². The molecule has 122 valence electrons. The van der Waals surface area contributed by atoms with Gasteiger partial charge in [-0.05, 0) is 43.7 Å². The van der Waals surface area contributed by atoms with Crippen LogP contribution in [0.3, 0.4) is 0 Å². The Kier molecular flexibility index (Phi) is 6.13. The number of carbonyl (C=O) groups is 1. The van der Waals surface area contributed by atoms with Gasteiger partial charge < -0.3 is 5.11 Å². The highest BCUT2D eigenvalue weighted by atomic mass is 16.3. The summed E-state index contributed by atoms with van der Waals surface area (Å²) in [5.74, 6) is 0.702. The van der Waals surface area contributed by atoms with Gasteiger partial charge in [0, 0.05) is 5.56 Å². The number of aliphatic hydroxyl groups excluding tert-OH is 1. The molecule has 0 saturated carbocycles.